The molecule has 0 bridgehead atoms. The molecule has 2 aliphatic heterocycles. The molecule has 1 atom stereocenters. The van der Waals surface area contributed by atoms with Gasteiger partial charge >= 0.3 is 0 Å². The lowest BCUT2D eigenvalue weighted by atomic mass is 9.85. The van der Waals surface area contributed by atoms with Crippen molar-refractivity contribution in [2.45, 2.75) is 12.8 Å². The summed E-state index contributed by atoms with van der Waals surface area (Å²) >= 11 is 0. The first-order chi connectivity index (χ1) is 11.2. The Morgan fingerprint density at radius 1 is 1.22 bits per heavy atom. The summed E-state index contributed by atoms with van der Waals surface area (Å²) in [5.74, 6) is 0.288. The standard InChI is InChI=1S/C17H17N3O3/c21-15(14-4-2-10-23-14)19-8-5-17(12-19)6-9-20(16(17)22)13-3-1-7-18-11-13/h1-4,7,10-11H,5-6,8-9,12H2/t17-/m0/s1. The Bertz CT molecular complexity index is 729. The number of amides is 2. The van der Waals surface area contributed by atoms with Crippen molar-refractivity contribution in [2.75, 3.05) is 24.5 Å². The van der Waals surface area contributed by atoms with E-state index in [2.05, 4.69) is 4.98 Å². The van der Waals surface area contributed by atoms with Gasteiger partial charge in [-0.15, -0.1) is 0 Å². The minimum atomic E-state index is -0.460. The molecule has 0 aromatic carbocycles. The molecule has 6 heteroatoms. The third kappa shape index (κ3) is 2.21. The number of aromatic nitrogens is 1. The largest absolute Gasteiger partial charge is 0.459 e. The fourth-order valence-corrected chi connectivity index (χ4v) is 3.56. The zero-order valence-electron chi connectivity index (χ0n) is 12.6. The number of pyridine rings is 1. The molecular weight excluding hydrogens is 294 g/mol. The number of likely N-dealkylation sites (tertiary alicyclic amines) is 1. The van der Waals surface area contributed by atoms with E-state index in [0.717, 1.165) is 12.1 Å². The molecule has 0 saturated carbocycles. The maximum absolute atomic E-state index is 12.9. The molecule has 23 heavy (non-hydrogen) atoms. The van der Waals surface area contributed by atoms with E-state index in [9.17, 15) is 9.59 Å². The topological polar surface area (TPSA) is 66.7 Å². The highest BCUT2D eigenvalue weighted by molar-refractivity contribution is 6.01. The lowest BCUT2D eigenvalue weighted by Gasteiger charge is -2.23. The lowest BCUT2D eigenvalue weighted by molar-refractivity contribution is -0.124. The molecule has 2 aromatic heterocycles. The minimum Gasteiger partial charge on any atom is -0.459 e. The van der Waals surface area contributed by atoms with Crippen LogP contribution in [0.25, 0.3) is 0 Å². The molecule has 1 spiro atoms. The van der Waals surface area contributed by atoms with E-state index in [4.69, 9.17) is 4.42 Å². The first-order valence-electron chi connectivity index (χ1n) is 7.74. The highest BCUT2D eigenvalue weighted by Gasteiger charge is 2.52. The highest BCUT2D eigenvalue weighted by Crippen LogP contribution is 2.42. The van der Waals surface area contributed by atoms with Gasteiger partial charge in [-0.25, -0.2) is 0 Å². The molecule has 118 valence electrons. The average Bonchev–Trinajstić information content (AvgIpc) is 3.31. The van der Waals surface area contributed by atoms with E-state index >= 15 is 0 Å². The van der Waals surface area contributed by atoms with Gasteiger partial charge in [0.15, 0.2) is 5.76 Å². The molecule has 4 rings (SSSR count). The van der Waals surface area contributed by atoms with Crippen LogP contribution in [-0.4, -0.2) is 41.3 Å². The van der Waals surface area contributed by atoms with Gasteiger partial charge < -0.3 is 14.2 Å². The first kappa shape index (κ1) is 14.0. The van der Waals surface area contributed by atoms with Gasteiger partial charge in [-0.2, -0.15) is 0 Å². The summed E-state index contributed by atoms with van der Waals surface area (Å²) in [7, 11) is 0. The van der Waals surface area contributed by atoms with Gasteiger partial charge in [0.25, 0.3) is 5.91 Å². The number of carbonyl (C=O) groups excluding carboxylic acids is 2. The van der Waals surface area contributed by atoms with Crippen molar-refractivity contribution in [1.82, 2.24) is 9.88 Å². The number of nitrogens with zero attached hydrogens (tertiary/aromatic N) is 3. The Kier molecular flexibility index (Phi) is 3.18. The first-order valence-corrected chi connectivity index (χ1v) is 7.74. The average molecular weight is 311 g/mol. The van der Waals surface area contributed by atoms with Crippen molar-refractivity contribution in [3.63, 3.8) is 0 Å². The second-order valence-electron chi connectivity index (χ2n) is 6.15. The number of hydrogen-bond donors (Lipinski definition) is 0. The van der Waals surface area contributed by atoms with Crippen LogP contribution in [0.4, 0.5) is 5.69 Å². The third-order valence-electron chi connectivity index (χ3n) is 4.84. The maximum Gasteiger partial charge on any atom is 0.289 e. The van der Waals surface area contributed by atoms with Crippen LogP contribution < -0.4 is 4.90 Å². The fraction of sp³-hybridized carbons (Fsp3) is 0.353. The summed E-state index contributed by atoms with van der Waals surface area (Å²) in [6.07, 6.45) is 6.36. The molecule has 2 fully saturated rings. The maximum atomic E-state index is 12.9. The lowest BCUT2D eigenvalue weighted by Crippen LogP contribution is -2.38. The molecule has 2 amide bonds. The van der Waals surface area contributed by atoms with E-state index in [-0.39, 0.29) is 11.8 Å². The van der Waals surface area contributed by atoms with Gasteiger partial charge in [0.05, 0.1) is 23.6 Å². The molecule has 2 aromatic rings. The Morgan fingerprint density at radius 2 is 2.09 bits per heavy atom. The number of furan rings is 1. The van der Waals surface area contributed by atoms with Gasteiger partial charge in [0.1, 0.15) is 0 Å². The van der Waals surface area contributed by atoms with Crippen LogP contribution >= 0.6 is 0 Å². The number of anilines is 1. The summed E-state index contributed by atoms with van der Waals surface area (Å²) < 4.78 is 5.18. The van der Waals surface area contributed by atoms with Crippen molar-refractivity contribution in [3.8, 4) is 0 Å². The summed E-state index contributed by atoms with van der Waals surface area (Å²) in [5, 5.41) is 0. The molecule has 4 heterocycles. The quantitative estimate of drug-likeness (QED) is 0.850. The molecular formula is C17H17N3O3. The zero-order chi connectivity index (χ0) is 15.9. The summed E-state index contributed by atoms with van der Waals surface area (Å²) in [4.78, 5) is 32.9. The number of rotatable bonds is 2. The van der Waals surface area contributed by atoms with Crippen molar-refractivity contribution in [3.05, 3.63) is 48.7 Å². The normalized spacial score (nSPS) is 23.9. The number of carbonyl (C=O) groups is 2. The van der Waals surface area contributed by atoms with Crippen LogP contribution in [0.5, 0.6) is 0 Å². The van der Waals surface area contributed by atoms with Crippen LogP contribution in [0, 0.1) is 5.41 Å². The monoisotopic (exact) mass is 311 g/mol. The summed E-state index contributed by atoms with van der Waals surface area (Å²) in [6.45, 7) is 1.72. The Hall–Kier alpha value is -2.63. The van der Waals surface area contributed by atoms with Crippen LogP contribution in [0.1, 0.15) is 23.4 Å². The zero-order valence-corrected chi connectivity index (χ0v) is 12.6. The molecule has 0 N–H and O–H groups in total. The number of hydrogen-bond acceptors (Lipinski definition) is 4. The van der Waals surface area contributed by atoms with Gasteiger partial charge in [-0.3, -0.25) is 14.6 Å². The summed E-state index contributed by atoms with van der Waals surface area (Å²) in [5.41, 5.74) is 0.364. The van der Waals surface area contributed by atoms with Crippen LogP contribution in [-0.2, 0) is 4.79 Å². The van der Waals surface area contributed by atoms with Crippen molar-refractivity contribution >= 4 is 17.5 Å². The second kappa shape index (κ2) is 5.22. The third-order valence-corrected chi connectivity index (χ3v) is 4.84. The Balaban J connectivity index is 1.53. The molecule has 0 aliphatic carbocycles. The van der Waals surface area contributed by atoms with Crippen molar-refractivity contribution < 1.29 is 14.0 Å². The Labute approximate surface area is 133 Å². The van der Waals surface area contributed by atoms with Crippen molar-refractivity contribution in [1.29, 1.82) is 0 Å². The van der Waals surface area contributed by atoms with Gasteiger partial charge in [0, 0.05) is 25.8 Å². The van der Waals surface area contributed by atoms with Crippen LogP contribution in [0.3, 0.4) is 0 Å². The van der Waals surface area contributed by atoms with Gasteiger partial charge in [0.2, 0.25) is 5.91 Å². The SMILES string of the molecule is O=C(c1ccco1)N1CC[C@]2(CCN(c3cccnc3)C2=O)C1. The highest BCUT2D eigenvalue weighted by atomic mass is 16.3. The second-order valence-corrected chi connectivity index (χ2v) is 6.15. The van der Waals surface area contributed by atoms with Gasteiger partial charge in [-0.1, -0.05) is 0 Å². The molecule has 6 nitrogen and oxygen atoms in total. The van der Waals surface area contributed by atoms with Crippen molar-refractivity contribution in [2.24, 2.45) is 5.41 Å². The molecule has 2 aliphatic rings. The fourth-order valence-electron chi connectivity index (χ4n) is 3.56. The smallest absolute Gasteiger partial charge is 0.289 e. The van der Waals surface area contributed by atoms with Gasteiger partial charge in [-0.05, 0) is 37.1 Å². The predicted octanol–water partition coefficient (Wildman–Crippen LogP) is 1.94. The predicted molar refractivity (Wildman–Crippen MR) is 82.9 cm³/mol. The molecule has 0 unspecified atom stereocenters. The van der Waals surface area contributed by atoms with E-state index in [1.165, 1.54) is 6.26 Å². The van der Waals surface area contributed by atoms with E-state index < -0.39 is 5.41 Å². The van der Waals surface area contributed by atoms with Crippen LogP contribution in [0.15, 0.2) is 47.3 Å². The van der Waals surface area contributed by atoms with Crippen LogP contribution in [0.2, 0.25) is 0 Å². The molecule has 2 saturated heterocycles. The Morgan fingerprint density at radius 3 is 2.83 bits per heavy atom. The molecule has 0 radical (unpaired) electrons. The summed E-state index contributed by atoms with van der Waals surface area (Å²) in [6, 6.07) is 7.08. The van der Waals surface area contributed by atoms with E-state index in [1.54, 1.807) is 34.3 Å². The van der Waals surface area contributed by atoms with E-state index in [0.29, 0.717) is 31.8 Å². The minimum absolute atomic E-state index is 0.0974. The van der Waals surface area contributed by atoms with E-state index in [1.807, 2.05) is 12.1 Å².